The minimum Gasteiger partial charge on any atom is -0.455 e. The summed E-state index contributed by atoms with van der Waals surface area (Å²) in [6, 6.07) is 8.12. The molecular formula is C14H18NO3. The van der Waals surface area contributed by atoms with E-state index in [2.05, 4.69) is 0 Å². The minimum atomic E-state index is -1.02. The van der Waals surface area contributed by atoms with Crippen LogP contribution in [-0.2, 0) is 20.9 Å². The fourth-order valence-corrected chi connectivity index (χ4v) is 1.51. The maximum absolute atomic E-state index is 11.5. The maximum atomic E-state index is 11.5. The molecule has 18 heavy (non-hydrogen) atoms. The first kappa shape index (κ1) is 14.4. The van der Waals surface area contributed by atoms with Gasteiger partial charge in [0.05, 0.1) is 6.04 Å². The van der Waals surface area contributed by atoms with Gasteiger partial charge >= 0.3 is 5.97 Å². The van der Waals surface area contributed by atoms with Crippen LogP contribution < -0.4 is 5.73 Å². The number of hydrogen-bond donors (Lipinski definition) is 0. The second kappa shape index (κ2) is 6.91. The topological polar surface area (TPSA) is 67.2 Å². The Morgan fingerprint density at radius 1 is 1.22 bits per heavy atom. The first-order valence-electron chi connectivity index (χ1n) is 5.96. The number of benzene rings is 1. The van der Waals surface area contributed by atoms with Crippen LogP contribution in [0.1, 0.15) is 25.8 Å². The summed E-state index contributed by atoms with van der Waals surface area (Å²) >= 11 is 0. The summed E-state index contributed by atoms with van der Waals surface area (Å²) < 4.78 is 4.88. The molecule has 1 N–H and O–H groups in total. The average molecular weight is 248 g/mol. The summed E-state index contributed by atoms with van der Waals surface area (Å²) in [5.74, 6) is -1.47. The summed E-state index contributed by atoms with van der Waals surface area (Å²) in [7, 11) is 0. The quantitative estimate of drug-likeness (QED) is 0.571. The molecule has 1 radical (unpaired) electrons. The number of carbonyl (C=O) groups is 2. The highest BCUT2D eigenvalue weighted by molar-refractivity contribution is 6.35. The predicted octanol–water partition coefficient (Wildman–Crippen LogP) is 2.00. The maximum Gasteiger partial charge on any atom is 0.376 e. The van der Waals surface area contributed by atoms with Crippen LogP contribution in [0.2, 0.25) is 0 Å². The Labute approximate surface area is 107 Å². The molecule has 0 bridgehead atoms. The van der Waals surface area contributed by atoms with Crippen LogP contribution in [0, 0.1) is 5.92 Å². The SMILES string of the molecule is CC(C)C[C@H]([NH])C(=O)C(=O)OCc1ccccc1. The summed E-state index contributed by atoms with van der Waals surface area (Å²) in [6.07, 6.45) is 0.374. The van der Waals surface area contributed by atoms with Gasteiger partial charge in [0.25, 0.3) is 5.78 Å². The Hall–Kier alpha value is -1.68. The van der Waals surface area contributed by atoms with E-state index in [1.165, 1.54) is 0 Å². The lowest BCUT2D eigenvalue weighted by Gasteiger charge is -2.11. The molecule has 0 saturated heterocycles. The van der Waals surface area contributed by atoms with Crippen LogP contribution in [0.4, 0.5) is 0 Å². The van der Waals surface area contributed by atoms with Gasteiger partial charge in [-0.25, -0.2) is 10.5 Å². The minimum absolute atomic E-state index is 0.0693. The van der Waals surface area contributed by atoms with E-state index in [-0.39, 0.29) is 12.5 Å². The molecule has 1 atom stereocenters. The number of ketones is 1. The molecule has 0 heterocycles. The van der Waals surface area contributed by atoms with Crippen molar-refractivity contribution < 1.29 is 14.3 Å². The smallest absolute Gasteiger partial charge is 0.376 e. The van der Waals surface area contributed by atoms with Gasteiger partial charge in [0.1, 0.15) is 6.61 Å². The first-order chi connectivity index (χ1) is 8.50. The highest BCUT2D eigenvalue weighted by Gasteiger charge is 2.24. The zero-order valence-electron chi connectivity index (χ0n) is 10.7. The third kappa shape index (κ3) is 4.67. The lowest BCUT2D eigenvalue weighted by atomic mass is 10.0. The van der Waals surface area contributed by atoms with Gasteiger partial charge in [-0.2, -0.15) is 0 Å². The molecule has 0 aromatic heterocycles. The molecule has 0 unspecified atom stereocenters. The highest BCUT2D eigenvalue weighted by Crippen LogP contribution is 2.07. The third-order valence-electron chi connectivity index (χ3n) is 2.44. The monoisotopic (exact) mass is 248 g/mol. The molecule has 4 nitrogen and oxygen atoms in total. The van der Waals surface area contributed by atoms with Crippen molar-refractivity contribution in [2.45, 2.75) is 32.9 Å². The normalized spacial score (nSPS) is 12.2. The van der Waals surface area contributed by atoms with Crippen molar-refractivity contribution in [3.05, 3.63) is 35.9 Å². The Balaban J connectivity index is 2.43. The van der Waals surface area contributed by atoms with Gasteiger partial charge in [-0.1, -0.05) is 44.2 Å². The molecule has 0 fully saturated rings. The van der Waals surface area contributed by atoms with E-state index in [4.69, 9.17) is 10.5 Å². The molecule has 0 saturated carbocycles. The molecule has 0 aliphatic heterocycles. The highest BCUT2D eigenvalue weighted by atomic mass is 16.5. The van der Waals surface area contributed by atoms with Crippen molar-refractivity contribution in [1.29, 1.82) is 0 Å². The largest absolute Gasteiger partial charge is 0.455 e. The van der Waals surface area contributed by atoms with Crippen molar-refractivity contribution in [3.8, 4) is 0 Å². The zero-order chi connectivity index (χ0) is 13.5. The number of hydrogen-bond acceptors (Lipinski definition) is 3. The number of ether oxygens (including phenoxy) is 1. The van der Waals surface area contributed by atoms with Gasteiger partial charge in [-0.15, -0.1) is 0 Å². The van der Waals surface area contributed by atoms with Crippen LogP contribution in [0.5, 0.6) is 0 Å². The lowest BCUT2D eigenvalue weighted by Crippen LogP contribution is -2.32. The summed E-state index contributed by atoms with van der Waals surface area (Å²) in [5, 5.41) is 0. The predicted molar refractivity (Wildman–Crippen MR) is 67.6 cm³/mol. The van der Waals surface area contributed by atoms with Gasteiger partial charge in [-0.05, 0) is 17.9 Å². The molecule has 0 aliphatic rings. The van der Waals surface area contributed by atoms with E-state index in [0.717, 1.165) is 5.56 Å². The fourth-order valence-electron chi connectivity index (χ4n) is 1.51. The molecule has 0 aliphatic carbocycles. The van der Waals surface area contributed by atoms with Gasteiger partial charge in [0.2, 0.25) is 0 Å². The van der Waals surface area contributed by atoms with Gasteiger partial charge < -0.3 is 4.74 Å². The first-order valence-corrected chi connectivity index (χ1v) is 5.96. The number of Topliss-reactive ketones (excluding diaryl/α,β-unsaturated/α-hetero) is 1. The van der Waals surface area contributed by atoms with Crippen molar-refractivity contribution in [3.63, 3.8) is 0 Å². The second-order valence-electron chi connectivity index (χ2n) is 4.61. The molecule has 1 rings (SSSR count). The third-order valence-corrected chi connectivity index (χ3v) is 2.44. The standard InChI is InChI=1S/C14H18NO3/c1-10(2)8-12(15)13(16)14(17)18-9-11-6-4-3-5-7-11/h3-7,10,12,15H,8-9H2,1-2H3/t12-/m0/s1. The van der Waals surface area contributed by atoms with Gasteiger partial charge in [-0.3, -0.25) is 4.79 Å². The molecular weight excluding hydrogens is 230 g/mol. The number of esters is 1. The Kier molecular flexibility index (Phi) is 5.52. The number of nitrogens with one attached hydrogen (secondary N) is 1. The van der Waals surface area contributed by atoms with Crippen molar-refractivity contribution in [2.75, 3.05) is 0 Å². The lowest BCUT2D eigenvalue weighted by molar-refractivity contribution is -0.155. The van der Waals surface area contributed by atoms with Crippen molar-refractivity contribution in [1.82, 2.24) is 5.73 Å². The average Bonchev–Trinajstić information content (AvgIpc) is 2.35. The number of carbonyl (C=O) groups excluding carboxylic acids is 2. The van der Waals surface area contributed by atoms with Crippen LogP contribution in [0.15, 0.2) is 30.3 Å². The van der Waals surface area contributed by atoms with E-state index in [1.807, 2.05) is 44.2 Å². The molecule has 4 heteroatoms. The van der Waals surface area contributed by atoms with Crippen LogP contribution in [0.3, 0.4) is 0 Å². The van der Waals surface area contributed by atoms with E-state index in [0.29, 0.717) is 6.42 Å². The van der Waals surface area contributed by atoms with Crippen molar-refractivity contribution in [2.24, 2.45) is 5.92 Å². The molecule has 97 valence electrons. The van der Waals surface area contributed by atoms with Crippen LogP contribution in [-0.4, -0.2) is 17.8 Å². The second-order valence-corrected chi connectivity index (χ2v) is 4.61. The van der Waals surface area contributed by atoms with Crippen LogP contribution in [0.25, 0.3) is 0 Å². The Morgan fingerprint density at radius 2 is 1.83 bits per heavy atom. The number of rotatable bonds is 6. The molecule has 0 amide bonds. The van der Waals surface area contributed by atoms with Crippen molar-refractivity contribution >= 4 is 11.8 Å². The summed E-state index contributed by atoms with van der Waals surface area (Å²) in [5.41, 5.74) is 8.39. The molecule has 0 spiro atoms. The summed E-state index contributed by atoms with van der Waals surface area (Å²) in [4.78, 5) is 23.0. The van der Waals surface area contributed by atoms with Gasteiger partial charge in [0, 0.05) is 0 Å². The van der Waals surface area contributed by atoms with E-state index >= 15 is 0 Å². The van der Waals surface area contributed by atoms with Gasteiger partial charge in [0.15, 0.2) is 0 Å². The van der Waals surface area contributed by atoms with Crippen LogP contribution >= 0.6 is 0 Å². The summed E-state index contributed by atoms with van der Waals surface area (Å²) in [6.45, 7) is 3.88. The Bertz CT molecular complexity index is 401. The molecule has 1 aromatic carbocycles. The van der Waals surface area contributed by atoms with E-state index in [1.54, 1.807) is 0 Å². The molecule has 1 aromatic rings. The fraction of sp³-hybridized carbons (Fsp3) is 0.429. The van der Waals surface area contributed by atoms with E-state index < -0.39 is 17.8 Å². The Morgan fingerprint density at radius 3 is 2.39 bits per heavy atom. The zero-order valence-corrected chi connectivity index (χ0v) is 10.7. The van der Waals surface area contributed by atoms with E-state index in [9.17, 15) is 9.59 Å².